The lowest BCUT2D eigenvalue weighted by Gasteiger charge is -2.21. The van der Waals surface area contributed by atoms with E-state index in [1.807, 2.05) is 23.6 Å². The number of fused-ring (bicyclic) bond motifs is 1. The molecule has 1 aliphatic rings. The number of thioether (sulfide) groups is 1. The number of amides is 1. The number of hydrogen-bond acceptors (Lipinski definition) is 7. The largest absolute Gasteiger partial charge is 0.454 e. The van der Waals surface area contributed by atoms with Gasteiger partial charge in [0.2, 0.25) is 0 Å². The first-order chi connectivity index (χ1) is 18.4. The Morgan fingerprint density at radius 3 is 2.82 bits per heavy atom. The number of carbonyl (C=O) groups is 1. The fourth-order valence-corrected chi connectivity index (χ4v) is 5.04. The number of ether oxygens (including phenoxy) is 1. The van der Waals surface area contributed by atoms with Gasteiger partial charge in [0.25, 0.3) is 11.5 Å². The van der Waals surface area contributed by atoms with Crippen LogP contribution in [0.5, 0.6) is 11.5 Å². The summed E-state index contributed by atoms with van der Waals surface area (Å²) in [5.74, 6) is -0.887. The van der Waals surface area contributed by atoms with E-state index in [0.29, 0.717) is 29.3 Å². The zero-order chi connectivity index (χ0) is 26.6. The van der Waals surface area contributed by atoms with Gasteiger partial charge in [0, 0.05) is 30.6 Å². The van der Waals surface area contributed by atoms with Crippen LogP contribution in [0, 0.1) is 5.82 Å². The Kier molecular flexibility index (Phi) is 7.25. The second-order valence-corrected chi connectivity index (χ2v) is 9.34. The number of rotatable bonds is 7. The first kappa shape index (κ1) is 25.2. The van der Waals surface area contributed by atoms with Gasteiger partial charge in [-0.05, 0) is 59.7 Å². The van der Waals surface area contributed by atoms with Gasteiger partial charge < -0.3 is 20.9 Å². The Hall–Kier alpha value is -4.41. The van der Waals surface area contributed by atoms with Crippen molar-refractivity contribution in [1.82, 2.24) is 9.55 Å². The molecule has 3 heterocycles. The summed E-state index contributed by atoms with van der Waals surface area (Å²) in [5.41, 5.74) is 7.40. The molecular formula is C28H23FN4O4S. The van der Waals surface area contributed by atoms with Gasteiger partial charge in [-0.3, -0.25) is 14.2 Å². The summed E-state index contributed by atoms with van der Waals surface area (Å²) in [6, 6.07) is 15.8. The Labute approximate surface area is 221 Å². The van der Waals surface area contributed by atoms with Crippen molar-refractivity contribution in [2.24, 2.45) is 0 Å². The minimum Gasteiger partial charge on any atom is -0.454 e. The summed E-state index contributed by atoms with van der Waals surface area (Å²) >= 11 is 1.39. The van der Waals surface area contributed by atoms with Crippen LogP contribution in [0.1, 0.15) is 21.5 Å². The summed E-state index contributed by atoms with van der Waals surface area (Å²) in [4.78, 5) is 30.8. The van der Waals surface area contributed by atoms with Crippen LogP contribution < -0.4 is 21.3 Å². The van der Waals surface area contributed by atoms with Crippen molar-refractivity contribution in [3.8, 4) is 17.2 Å². The zero-order valence-electron chi connectivity index (χ0n) is 20.1. The molecule has 8 nitrogen and oxygen atoms in total. The third kappa shape index (κ3) is 5.17. The summed E-state index contributed by atoms with van der Waals surface area (Å²) in [5, 5.41) is 14.8. The lowest BCUT2D eigenvalue weighted by Crippen LogP contribution is -2.31. The van der Waals surface area contributed by atoms with Crippen LogP contribution in [-0.2, 0) is 12.8 Å². The van der Waals surface area contributed by atoms with E-state index in [2.05, 4.69) is 10.3 Å². The van der Waals surface area contributed by atoms with Crippen molar-refractivity contribution in [2.75, 3.05) is 17.7 Å². The quantitative estimate of drug-likeness (QED) is 0.317. The average Bonchev–Trinajstić information content (AvgIpc) is 2.91. The molecule has 38 heavy (non-hydrogen) atoms. The van der Waals surface area contributed by atoms with Crippen molar-refractivity contribution in [3.63, 3.8) is 0 Å². The maximum absolute atomic E-state index is 14.8. The minimum atomic E-state index is -0.708. The average molecular weight is 531 g/mol. The first-order valence-electron chi connectivity index (χ1n) is 11.7. The Bertz CT molecular complexity index is 1620. The fraction of sp³-hybridized carbons (Fsp3) is 0.107. The number of pyridine rings is 2. The number of carbonyl (C=O) groups excluding carboxylic acids is 1. The Morgan fingerprint density at radius 2 is 2.03 bits per heavy atom. The van der Waals surface area contributed by atoms with Gasteiger partial charge in [0.15, 0.2) is 11.6 Å². The van der Waals surface area contributed by atoms with Crippen LogP contribution >= 0.6 is 11.8 Å². The molecule has 2 aromatic heterocycles. The minimum absolute atomic E-state index is 0.0611. The van der Waals surface area contributed by atoms with Gasteiger partial charge in [-0.25, -0.2) is 9.37 Å². The Balaban J connectivity index is 1.47. The van der Waals surface area contributed by atoms with Crippen LogP contribution in [0.2, 0.25) is 0 Å². The van der Waals surface area contributed by atoms with Crippen molar-refractivity contribution in [3.05, 3.63) is 111 Å². The molecule has 0 atom stereocenters. The van der Waals surface area contributed by atoms with Gasteiger partial charge in [-0.2, -0.15) is 0 Å². The van der Waals surface area contributed by atoms with Crippen LogP contribution in [0.25, 0.3) is 5.69 Å². The molecule has 5 rings (SSSR count). The Morgan fingerprint density at radius 1 is 1.18 bits per heavy atom. The van der Waals surface area contributed by atoms with E-state index in [4.69, 9.17) is 10.5 Å². The number of aliphatic hydroxyl groups is 1. The number of halogens is 1. The molecule has 1 amide bonds. The molecule has 0 saturated heterocycles. The third-order valence-corrected chi connectivity index (χ3v) is 6.87. The number of aromatic nitrogens is 2. The number of hydrogen-bond donors (Lipinski definition) is 3. The number of aliphatic hydroxyl groups excluding tert-OH is 1. The monoisotopic (exact) mass is 530 g/mol. The van der Waals surface area contributed by atoms with Crippen molar-refractivity contribution in [2.45, 2.75) is 17.9 Å². The smallest absolute Gasteiger partial charge is 0.268 e. The molecule has 1 aliphatic heterocycles. The molecule has 0 saturated carbocycles. The molecule has 0 spiro atoms. The highest BCUT2D eigenvalue weighted by molar-refractivity contribution is 8.02. The van der Waals surface area contributed by atoms with E-state index in [9.17, 15) is 19.1 Å². The summed E-state index contributed by atoms with van der Waals surface area (Å²) in [7, 11) is 0. The highest BCUT2D eigenvalue weighted by Gasteiger charge is 2.23. The number of benzene rings is 2. The molecule has 0 unspecified atom stereocenters. The highest BCUT2D eigenvalue weighted by atomic mass is 32.2. The van der Waals surface area contributed by atoms with Crippen molar-refractivity contribution in [1.29, 1.82) is 0 Å². The van der Waals surface area contributed by atoms with E-state index < -0.39 is 17.3 Å². The molecular weight excluding hydrogens is 507 g/mol. The number of allylic oxidation sites excluding steroid dienone is 1. The number of nitrogens with one attached hydrogen (secondary N) is 1. The van der Waals surface area contributed by atoms with Crippen molar-refractivity contribution >= 4 is 29.2 Å². The number of nitrogen functional groups attached to an aromatic ring is 1. The SMILES string of the molecule is Nc1cc(Oc2ccc(NC(=O)c3cc4c(n(-c5ccccc5CCO)c3=O)SC=CC4)cc2F)ccn1. The first-order valence-corrected chi connectivity index (χ1v) is 12.6. The molecule has 192 valence electrons. The predicted molar refractivity (Wildman–Crippen MR) is 145 cm³/mol. The number of nitrogens with two attached hydrogens (primary N) is 1. The molecule has 0 bridgehead atoms. The van der Waals surface area contributed by atoms with Gasteiger partial charge in [-0.1, -0.05) is 36.0 Å². The van der Waals surface area contributed by atoms with Gasteiger partial charge in [0.1, 0.15) is 17.1 Å². The van der Waals surface area contributed by atoms with Gasteiger partial charge >= 0.3 is 0 Å². The summed E-state index contributed by atoms with van der Waals surface area (Å²) in [6.07, 6.45) is 4.30. The molecule has 0 radical (unpaired) electrons. The third-order valence-electron chi connectivity index (χ3n) is 5.87. The molecule has 0 aliphatic carbocycles. The fourth-order valence-electron chi connectivity index (χ4n) is 4.14. The summed E-state index contributed by atoms with van der Waals surface area (Å²) < 4.78 is 21.8. The van der Waals surface area contributed by atoms with E-state index >= 15 is 0 Å². The molecule has 4 N–H and O–H groups in total. The van der Waals surface area contributed by atoms with E-state index in [1.54, 1.807) is 24.3 Å². The number of para-hydroxylation sites is 1. The molecule has 4 aromatic rings. The predicted octanol–water partition coefficient (Wildman–Crippen LogP) is 4.70. The maximum Gasteiger partial charge on any atom is 0.268 e. The van der Waals surface area contributed by atoms with Crippen LogP contribution in [0.15, 0.2) is 88.2 Å². The molecule has 0 fully saturated rings. The molecule has 10 heteroatoms. The second kappa shape index (κ2) is 10.9. The standard InChI is InChI=1S/C28H23FN4O4S/c29-22-15-19(7-8-24(22)37-20-9-11-31-25(30)16-20)32-26(35)21-14-18-5-3-13-38-28(18)33(27(21)36)23-6-2-1-4-17(23)10-12-34/h1-4,6-9,11,13-16,34H,5,10,12H2,(H2,30,31)(H,32,35). The van der Waals surface area contributed by atoms with Crippen LogP contribution in [0.4, 0.5) is 15.9 Å². The summed E-state index contributed by atoms with van der Waals surface area (Å²) in [6.45, 7) is -0.0823. The number of anilines is 2. The van der Waals surface area contributed by atoms with Gasteiger partial charge in [0.05, 0.1) is 10.7 Å². The normalized spacial score (nSPS) is 12.2. The highest BCUT2D eigenvalue weighted by Crippen LogP contribution is 2.32. The topological polar surface area (TPSA) is 119 Å². The lowest BCUT2D eigenvalue weighted by molar-refractivity contribution is 0.102. The van der Waals surface area contributed by atoms with Crippen molar-refractivity contribution < 1.29 is 19.0 Å². The van der Waals surface area contributed by atoms with Crippen LogP contribution in [-0.4, -0.2) is 27.2 Å². The van der Waals surface area contributed by atoms with Gasteiger partial charge in [-0.15, -0.1) is 0 Å². The van der Waals surface area contributed by atoms with E-state index in [-0.39, 0.29) is 29.4 Å². The maximum atomic E-state index is 14.8. The van der Waals surface area contributed by atoms with E-state index in [1.165, 1.54) is 40.7 Å². The number of nitrogens with zero attached hydrogens (tertiary/aromatic N) is 2. The second-order valence-electron chi connectivity index (χ2n) is 8.44. The zero-order valence-corrected chi connectivity index (χ0v) is 20.9. The van der Waals surface area contributed by atoms with Crippen LogP contribution in [0.3, 0.4) is 0 Å². The molecule has 2 aromatic carbocycles. The lowest BCUT2D eigenvalue weighted by atomic mass is 10.1. The van der Waals surface area contributed by atoms with E-state index in [0.717, 1.165) is 17.2 Å².